The molecule has 1 fully saturated rings. The second-order valence-electron chi connectivity index (χ2n) is 6.68. The lowest BCUT2D eigenvalue weighted by Gasteiger charge is -2.19. The number of nitrogens with zero attached hydrogens (tertiary/aromatic N) is 1. The van der Waals surface area contributed by atoms with Crippen molar-refractivity contribution >= 4 is 17.5 Å². The fourth-order valence-corrected chi connectivity index (χ4v) is 3.31. The fourth-order valence-electron chi connectivity index (χ4n) is 3.31. The fraction of sp³-hybridized carbons (Fsp3) is 0.333. The van der Waals surface area contributed by atoms with Gasteiger partial charge < -0.3 is 15.0 Å². The Morgan fingerprint density at radius 1 is 1.23 bits per heavy atom. The first kappa shape index (κ1) is 18.0. The summed E-state index contributed by atoms with van der Waals surface area (Å²) in [6.07, 6.45) is 0.876. The summed E-state index contributed by atoms with van der Waals surface area (Å²) in [6, 6.07) is 13.0. The van der Waals surface area contributed by atoms with Crippen LogP contribution in [0.1, 0.15) is 23.1 Å². The lowest BCUT2D eigenvalue weighted by Crippen LogP contribution is -2.42. The molecule has 1 unspecified atom stereocenters. The summed E-state index contributed by atoms with van der Waals surface area (Å²) in [5, 5.41) is 2.89. The molecule has 1 aliphatic rings. The van der Waals surface area contributed by atoms with Crippen LogP contribution >= 0.6 is 0 Å². The van der Waals surface area contributed by atoms with Gasteiger partial charge in [0.2, 0.25) is 11.8 Å². The predicted molar refractivity (Wildman–Crippen MR) is 102 cm³/mol. The van der Waals surface area contributed by atoms with Crippen LogP contribution in [0.2, 0.25) is 0 Å². The summed E-state index contributed by atoms with van der Waals surface area (Å²) < 4.78 is 5.34. The lowest BCUT2D eigenvalue weighted by molar-refractivity contribution is -0.126. The maximum Gasteiger partial charge on any atom is 0.249 e. The molecule has 0 aromatic heterocycles. The molecule has 1 aliphatic heterocycles. The van der Waals surface area contributed by atoms with Crippen LogP contribution in [-0.4, -0.2) is 31.5 Å². The number of ether oxygens (including phenoxy) is 1. The molecule has 2 amide bonds. The van der Waals surface area contributed by atoms with Crippen LogP contribution in [-0.2, 0) is 16.0 Å². The van der Waals surface area contributed by atoms with Crippen LogP contribution in [0.3, 0.4) is 0 Å². The molecule has 5 nitrogen and oxygen atoms in total. The maximum absolute atomic E-state index is 12.7. The lowest BCUT2D eigenvalue weighted by atomic mass is 10.0. The molecule has 1 heterocycles. The molecule has 26 heavy (non-hydrogen) atoms. The smallest absolute Gasteiger partial charge is 0.249 e. The molecule has 2 aromatic rings. The molecule has 0 radical (unpaired) electrons. The van der Waals surface area contributed by atoms with Crippen LogP contribution in [0, 0.1) is 13.8 Å². The number of carbonyl (C=O) groups is 2. The van der Waals surface area contributed by atoms with E-state index in [0.29, 0.717) is 18.7 Å². The third-order valence-electron chi connectivity index (χ3n) is 4.77. The summed E-state index contributed by atoms with van der Waals surface area (Å²) in [5.74, 6) is 0.436. The number of para-hydroxylation sites is 2. The monoisotopic (exact) mass is 352 g/mol. The third kappa shape index (κ3) is 3.72. The van der Waals surface area contributed by atoms with Crippen LogP contribution in [0.4, 0.5) is 5.69 Å². The van der Waals surface area contributed by atoms with Gasteiger partial charge in [-0.25, -0.2) is 0 Å². The minimum Gasteiger partial charge on any atom is -0.495 e. The van der Waals surface area contributed by atoms with E-state index in [1.165, 1.54) is 0 Å². The molecule has 1 saturated heterocycles. The first-order chi connectivity index (χ1) is 12.5. The highest BCUT2D eigenvalue weighted by atomic mass is 16.5. The van der Waals surface area contributed by atoms with Crippen molar-refractivity contribution in [1.29, 1.82) is 0 Å². The highest BCUT2D eigenvalue weighted by Gasteiger charge is 2.34. The topological polar surface area (TPSA) is 58.6 Å². The van der Waals surface area contributed by atoms with Crippen LogP contribution in [0.15, 0.2) is 42.5 Å². The van der Waals surface area contributed by atoms with Gasteiger partial charge in [0.1, 0.15) is 11.8 Å². The number of rotatable bonds is 5. The van der Waals surface area contributed by atoms with E-state index in [1.807, 2.05) is 56.3 Å². The molecule has 136 valence electrons. The number of carbonyl (C=O) groups excluding carboxylic acids is 2. The van der Waals surface area contributed by atoms with Gasteiger partial charge in [0.05, 0.1) is 19.2 Å². The Morgan fingerprint density at radius 3 is 2.77 bits per heavy atom. The van der Waals surface area contributed by atoms with Gasteiger partial charge in [-0.2, -0.15) is 0 Å². The number of amides is 2. The Bertz CT molecular complexity index is 832. The van der Waals surface area contributed by atoms with E-state index in [0.717, 1.165) is 22.4 Å². The first-order valence-electron chi connectivity index (χ1n) is 8.79. The number of hydrogen-bond acceptors (Lipinski definition) is 3. The number of anilines is 1. The van der Waals surface area contributed by atoms with E-state index in [-0.39, 0.29) is 18.2 Å². The Labute approximate surface area is 154 Å². The van der Waals surface area contributed by atoms with Gasteiger partial charge in [-0.3, -0.25) is 9.59 Å². The number of nitrogens with one attached hydrogen (secondary N) is 1. The number of hydrogen-bond donors (Lipinski definition) is 1. The molecule has 1 N–H and O–H groups in total. The van der Waals surface area contributed by atoms with Gasteiger partial charge in [-0.15, -0.1) is 0 Å². The predicted octanol–water partition coefficient (Wildman–Crippen LogP) is 2.78. The number of benzene rings is 2. The van der Waals surface area contributed by atoms with E-state index < -0.39 is 6.04 Å². The van der Waals surface area contributed by atoms with Crippen molar-refractivity contribution in [3.63, 3.8) is 0 Å². The van der Waals surface area contributed by atoms with Gasteiger partial charge in [-0.05, 0) is 43.5 Å². The zero-order chi connectivity index (χ0) is 18.7. The van der Waals surface area contributed by atoms with Gasteiger partial charge in [0, 0.05) is 6.54 Å². The van der Waals surface area contributed by atoms with E-state index >= 15 is 0 Å². The SMILES string of the molecule is COc1ccccc1N1CCC(NC(=O)Cc2cc(C)ccc2C)C1=O. The average Bonchev–Trinajstić information content (AvgIpc) is 2.98. The first-order valence-corrected chi connectivity index (χ1v) is 8.79. The highest BCUT2D eigenvalue weighted by Crippen LogP contribution is 2.31. The molecule has 2 aromatic carbocycles. The van der Waals surface area contributed by atoms with E-state index in [1.54, 1.807) is 12.0 Å². The quantitative estimate of drug-likeness (QED) is 0.900. The molecule has 3 rings (SSSR count). The molecular formula is C21H24N2O3. The van der Waals surface area contributed by atoms with E-state index in [9.17, 15) is 9.59 Å². The van der Waals surface area contributed by atoms with Crippen molar-refractivity contribution < 1.29 is 14.3 Å². The van der Waals surface area contributed by atoms with E-state index in [4.69, 9.17) is 4.74 Å². The molecule has 0 saturated carbocycles. The molecule has 0 bridgehead atoms. The zero-order valence-corrected chi connectivity index (χ0v) is 15.4. The van der Waals surface area contributed by atoms with Crippen molar-refractivity contribution in [3.8, 4) is 5.75 Å². The molecular weight excluding hydrogens is 328 g/mol. The minimum atomic E-state index is -0.488. The van der Waals surface area contributed by atoms with Crippen molar-refractivity contribution in [2.45, 2.75) is 32.7 Å². The Balaban J connectivity index is 1.67. The number of methoxy groups -OCH3 is 1. The van der Waals surface area contributed by atoms with Gasteiger partial charge in [0.25, 0.3) is 0 Å². The normalized spacial score (nSPS) is 16.7. The van der Waals surface area contributed by atoms with Crippen molar-refractivity contribution in [2.75, 3.05) is 18.6 Å². The molecule has 1 atom stereocenters. The highest BCUT2D eigenvalue weighted by molar-refractivity contribution is 6.02. The molecule has 5 heteroatoms. The second-order valence-corrected chi connectivity index (χ2v) is 6.68. The van der Waals surface area contributed by atoms with Crippen molar-refractivity contribution in [1.82, 2.24) is 5.32 Å². The molecule has 0 spiro atoms. The summed E-state index contributed by atoms with van der Waals surface area (Å²) >= 11 is 0. The van der Waals surface area contributed by atoms with Crippen LogP contribution < -0.4 is 15.0 Å². The Morgan fingerprint density at radius 2 is 2.00 bits per heavy atom. The van der Waals surface area contributed by atoms with Crippen LogP contribution in [0.5, 0.6) is 5.75 Å². The van der Waals surface area contributed by atoms with Gasteiger partial charge in [0.15, 0.2) is 0 Å². The summed E-state index contributed by atoms with van der Waals surface area (Å²) in [4.78, 5) is 26.9. The maximum atomic E-state index is 12.7. The largest absolute Gasteiger partial charge is 0.495 e. The Hall–Kier alpha value is -2.82. The van der Waals surface area contributed by atoms with E-state index in [2.05, 4.69) is 5.32 Å². The number of aryl methyl sites for hydroxylation is 2. The second kappa shape index (κ2) is 7.60. The van der Waals surface area contributed by atoms with Gasteiger partial charge >= 0.3 is 0 Å². The van der Waals surface area contributed by atoms with Crippen molar-refractivity contribution in [2.24, 2.45) is 0 Å². The molecule has 0 aliphatic carbocycles. The summed E-state index contributed by atoms with van der Waals surface area (Å²) in [5.41, 5.74) is 3.94. The summed E-state index contributed by atoms with van der Waals surface area (Å²) in [6.45, 7) is 4.56. The summed E-state index contributed by atoms with van der Waals surface area (Å²) in [7, 11) is 1.59. The minimum absolute atomic E-state index is 0.0937. The zero-order valence-electron chi connectivity index (χ0n) is 15.4. The van der Waals surface area contributed by atoms with Gasteiger partial charge in [-0.1, -0.05) is 35.9 Å². The third-order valence-corrected chi connectivity index (χ3v) is 4.77. The average molecular weight is 352 g/mol. The van der Waals surface area contributed by atoms with Crippen LogP contribution in [0.25, 0.3) is 0 Å². The Kier molecular flexibility index (Phi) is 5.26. The van der Waals surface area contributed by atoms with Crippen molar-refractivity contribution in [3.05, 3.63) is 59.2 Å². The standard InChI is InChI=1S/C21H24N2O3/c1-14-8-9-15(2)16(12-14)13-20(24)22-17-10-11-23(21(17)25)18-6-4-5-7-19(18)26-3/h4-9,12,17H,10-11,13H2,1-3H3,(H,22,24).